The van der Waals surface area contributed by atoms with Crippen molar-refractivity contribution in [1.29, 1.82) is 0 Å². The normalized spacial score (nSPS) is 15.8. The van der Waals surface area contributed by atoms with Crippen LogP contribution >= 0.6 is 0 Å². The lowest BCUT2D eigenvalue weighted by molar-refractivity contribution is -0.130. The number of anilines is 2. The minimum Gasteiger partial charge on any atom is -0.398 e. The molecule has 1 aliphatic rings. The highest BCUT2D eigenvalue weighted by Crippen LogP contribution is 2.23. The molecule has 0 aliphatic carbocycles. The van der Waals surface area contributed by atoms with Crippen molar-refractivity contribution >= 4 is 23.2 Å². The number of hydrogen-bond acceptors (Lipinski definition) is 4. The molecule has 6 nitrogen and oxygen atoms in total. The van der Waals surface area contributed by atoms with Gasteiger partial charge in [-0.15, -0.1) is 0 Å². The Hall–Kier alpha value is -2.31. The van der Waals surface area contributed by atoms with Crippen molar-refractivity contribution in [1.82, 2.24) is 4.90 Å². The van der Waals surface area contributed by atoms with Crippen molar-refractivity contribution in [3.63, 3.8) is 0 Å². The lowest BCUT2D eigenvalue weighted by atomic mass is 10.1. The van der Waals surface area contributed by atoms with Gasteiger partial charge in [-0.2, -0.15) is 0 Å². The van der Waals surface area contributed by atoms with Crippen molar-refractivity contribution in [3.8, 4) is 0 Å². The maximum absolute atomic E-state index is 13.9. The molecule has 1 heterocycles. The number of carbonyl (C=O) groups excluding carboxylic acids is 2. The number of amides is 2. The van der Waals surface area contributed by atoms with E-state index in [9.17, 15) is 14.0 Å². The molecule has 0 spiro atoms. The third-order valence-electron chi connectivity index (χ3n) is 3.56. The molecule has 1 unspecified atom stereocenters. The number of nitrogens with zero attached hydrogens (tertiary/aromatic N) is 1. The average molecular weight is 294 g/mol. The first kappa shape index (κ1) is 15.1. The van der Waals surface area contributed by atoms with Crippen LogP contribution in [0.2, 0.25) is 0 Å². The Morgan fingerprint density at radius 3 is 2.52 bits per heavy atom. The fourth-order valence-electron chi connectivity index (χ4n) is 2.42. The minimum absolute atomic E-state index is 0.0240. The summed E-state index contributed by atoms with van der Waals surface area (Å²) < 4.78 is 13.9. The molecule has 1 fully saturated rings. The maximum atomic E-state index is 13.9. The number of primary amides is 1. The Morgan fingerprint density at radius 1 is 1.33 bits per heavy atom. The van der Waals surface area contributed by atoms with Gasteiger partial charge in [0.2, 0.25) is 5.91 Å². The van der Waals surface area contributed by atoms with Crippen molar-refractivity contribution in [3.05, 3.63) is 23.5 Å². The molecule has 2 amide bonds. The Labute approximate surface area is 122 Å². The van der Waals surface area contributed by atoms with E-state index in [0.717, 1.165) is 32.0 Å². The molecule has 114 valence electrons. The highest BCUT2D eigenvalue weighted by Gasteiger charge is 2.24. The first-order valence-corrected chi connectivity index (χ1v) is 6.84. The van der Waals surface area contributed by atoms with Crippen LogP contribution in [0.3, 0.4) is 0 Å². The molecule has 0 aromatic heterocycles. The predicted octanol–water partition coefficient (Wildman–Crippen LogP) is 0.930. The second-order valence-electron chi connectivity index (χ2n) is 5.18. The molecule has 0 bridgehead atoms. The van der Waals surface area contributed by atoms with Gasteiger partial charge in [-0.1, -0.05) is 0 Å². The van der Waals surface area contributed by atoms with Crippen LogP contribution in [-0.4, -0.2) is 35.8 Å². The van der Waals surface area contributed by atoms with Crippen LogP contribution in [0.4, 0.5) is 15.8 Å². The number of carbonyl (C=O) groups is 2. The molecular weight excluding hydrogens is 275 g/mol. The number of rotatable bonds is 4. The van der Waals surface area contributed by atoms with E-state index in [1.807, 2.05) is 0 Å². The van der Waals surface area contributed by atoms with Gasteiger partial charge < -0.3 is 21.7 Å². The SMILES string of the molecule is CC(Nc1cc(C(N)=O)c(N)cc1F)C(=O)N1CCCC1. The summed E-state index contributed by atoms with van der Waals surface area (Å²) in [6, 6.07) is 1.66. The summed E-state index contributed by atoms with van der Waals surface area (Å²) in [5.41, 5.74) is 10.8. The molecule has 1 saturated heterocycles. The lowest BCUT2D eigenvalue weighted by Gasteiger charge is -2.22. The number of likely N-dealkylation sites (tertiary alicyclic amines) is 1. The predicted molar refractivity (Wildman–Crippen MR) is 78.2 cm³/mol. The van der Waals surface area contributed by atoms with Crippen LogP contribution in [0.15, 0.2) is 12.1 Å². The Balaban J connectivity index is 2.16. The van der Waals surface area contributed by atoms with Crippen molar-refractivity contribution in [2.45, 2.75) is 25.8 Å². The first-order valence-electron chi connectivity index (χ1n) is 6.84. The smallest absolute Gasteiger partial charge is 0.250 e. The molecule has 1 atom stereocenters. The summed E-state index contributed by atoms with van der Waals surface area (Å²) in [5.74, 6) is -1.46. The molecule has 1 aromatic rings. The third kappa shape index (κ3) is 3.24. The van der Waals surface area contributed by atoms with E-state index in [2.05, 4.69) is 5.32 Å². The summed E-state index contributed by atoms with van der Waals surface area (Å²) in [6.45, 7) is 3.10. The average Bonchev–Trinajstić information content (AvgIpc) is 2.94. The summed E-state index contributed by atoms with van der Waals surface area (Å²) >= 11 is 0. The van der Waals surface area contributed by atoms with E-state index in [1.54, 1.807) is 11.8 Å². The monoisotopic (exact) mass is 294 g/mol. The van der Waals surface area contributed by atoms with Crippen LogP contribution in [0.1, 0.15) is 30.1 Å². The van der Waals surface area contributed by atoms with E-state index < -0.39 is 17.8 Å². The fourth-order valence-corrected chi connectivity index (χ4v) is 2.42. The Kier molecular flexibility index (Phi) is 4.30. The highest BCUT2D eigenvalue weighted by molar-refractivity contribution is 5.99. The van der Waals surface area contributed by atoms with Gasteiger partial charge in [0.05, 0.1) is 11.3 Å². The van der Waals surface area contributed by atoms with Crippen LogP contribution in [0.25, 0.3) is 0 Å². The lowest BCUT2D eigenvalue weighted by Crippen LogP contribution is -2.39. The summed E-state index contributed by atoms with van der Waals surface area (Å²) in [4.78, 5) is 25.1. The van der Waals surface area contributed by atoms with E-state index >= 15 is 0 Å². The van der Waals surface area contributed by atoms with E-state index in [1.165, 1.54) is 6.07 Å². The van der Waals surface area contributed by atoms with Gasteiger partial charge in [0.15, 0.2) is 0 Å². The van der Waals surface area contributed by atoms with E-state index in [0.29, 0.717) is 0 Å². The van der Waals surface area contributed by atoms with Crippen LogP contribution in [0.5, 0.6) is 0 Å². The van der Waals surface area contributed by atoms with Gasteiger partial charge in [0.25, 0.3) is 5.91 Å². The second-order valence-corrected chi connectivity index (χ2v) is 5.18. The molecule has 0 radical (unpaired) electrons. The largest absolute Gasteiger partial charge is 0.398 e. The number of nitrogen functional groups attached to an aromatic ring is 1. The molecule has 2 rings (SSSR count). The number of halogens is 1. The van der Waals surface area contributed by atoms with Gasteiger partial charge in [-0.3, -0.25) is 9.59 Å². The highest BCUT2D eigenvalue weighted by atomic mass is 19.1. The van der Waals surface area contributed by atoms with Gasteiger partial charge >= 0.3 is 0 Å². The molecule has 1 aliphatic heterocycles. The summed E-state index contributed by atoms with van der Waals surface area (Å²) in [7, 11) is 0. The number of hydrogen-bond donors (Lipinski definition) is 3. The molecule has 7 heteroatoms. The topological polar surface area (TPSA) is 101 Å². The quantitative estimate of drug-likeness (QED) is 0.719. The van der Waals surface area contributed by atoms with Gasteiger partial charge in [-0.25, -0.2) is 4.39 Å². The number of nitrogens with two attached hydrogens (primary N) is 2. The standard InChI is InChI=1S/C14H19FN4O2/c1-8(14(21)19-4-2-3-5-19)18-12-6-9(13(17)20)11(16)7-10(12)15/h6-8,18H,2-5,16H2,1H3,(H2,17,20). The third-order valence-corrected chi connectivity index (χ3v) is 3.56. The van der Waals surface area contributed by atoms with Gasteiger partial charge in [-0.05, 0) is 31.9 Å². The van der Waals surface area contributed by atoms with Crippen LogP contribution < -0.4 is 16.8 Å². The number of benzene rings is 1. The first-order chi connectivity index (χ1) is 9.90. The van der Waals surface area contributed by atoms with Crippen LogP contribution in [-0.2, 0) is 4.79 Å². The molecule has 1 aromatic carbocycles. The van der Waals surface area contributed by atoms with Crippen molar-refractivity contribution in [2.24, 2.45) is 5.73 Å². The van der Waals surface area contributed by atoms with Crippen molar-refractivity contribution in [2.75, 3.05) is 24.1 Å². The molecule has 21 heavy (non-hydrogen) atoms. The second kappa shape index (κ2) is 5.99. The Bertz CT molecular complexity index is 570. The van der Waals surface area contributed by atoms with Gasteiger partial charge in [0.1, 0.15) is 11.9 Å². The minimum atomic E-state index is -0.742. The summed E-state index contributed by atoms with van der Waals surface area (Å²) in [6.07, 6.45) is 1.97. The number of nitrogens with one attached hydrogen (secondary N) is 1. The zero-order valence-electron chi connectivity index (χ0n) is 11.9. The Morgan fingerprint density at radius 2 is 1.95 bits per heavy atom. The summed E-state index contributed by atoms with van der Waals surface area (Å²) in [5, 5.41) is 2.78. The molecule has 5 N–H and O–H groups in total. The zero-order valence-corrected chi connectivity index (χ0v) is 11.9. The molecular formula is C14H19FN4O2. The maximum Gasteiger partial charge on any atom is 0.250 e. The molecule has 0 saturated carbocycles. The van der Waals surface area contributed by atoms with E-state index in [4.69, 9.17) is 11.5 Å². The van der Waals surface area contributed by atoms with Crippen LogP contribution in [0, 0.1) is 5.82 Å². The van der Waals surface area contributed by atoms with Gasteiger partial charge in [0, 0.05) is 18.8 Å². The fraction of sp³-hybridized carbons (Fsp3) is 0.429. The zero-order chi connectivity index (χ0) is 15.6. The van der Waals surface area contributed by atoms with Crippen molar-refractivity contribution < 1.29 is 14.0 Å². The van der Waals surface area contributed by atoms with E-state index in [-0.39, 0.29) is 22.8 Å².